The third kappa shape index (κ3) is 3.99. The fourth-order valence-electron chi connectivity index (χ4n) is 2.32. The zero-order chi connectivity index (χ0) is 14.6. The van der Waals surface area contributed by atoms with Gasteiger partial charge in [0.25, 0.3) is 0 Å². The first kappa shape index (κ1) is 15.4. The van der Waals surface area contributed by atoms with E-state index in [1.807, 2.05) is 17.8 Å². The van der Waals surface area contributed by atoms with Crippen molar-refractivity contribution in [3.8, 4) is 0 Å². The largest absolute Gasteiger partial charge is 0.377 e. The minimum absolute atomic E-state index is 0.267. The molecule has 20 heavy (non-hydrogen) atoms. The van der Waals surface area contributed by atoms with Crippen molar-refractivity contribution in [2.75, 3.05) is 42.7 Å². The Morgan fingerprint density at radius 1 is 1.45 bits per heavy atom. The zero-order valence-electron chi connectivity index (χ0n) is 12.8. The molecule has 1 saturated heterocycles. The second kappa shape index (κ2) is 6.63. The molecule has 1 aliphatic heterocycles. The molecule has 0 radical (unpaired) electrons. The summed E-state index contributed by atoms with van der Waals surface area (Å²) in [7, 11) is 1.67. The summed E-state index contributed by atoms with van der Waals surface area (Å²) in [6.07, 6.45) is 0. The minimum Gasteiger partial charge on any atom is -0.377 e. The van der Waals surface area contributed by atoms with E-state index in [0.717, 1.165) is 42.8 Å². The molecule has 0 unspecified atom stereocenters. The van der Waals surface area contributed by atoms with Crippen molar-refractivity contribution in [2.24, 2.45) is 0 Å². The number of nitrogens with zero attached hydrogens (tertiary/aromatic N) is 3. The van der Waals surface area contributed by atoms with Gasteiger partial charge in [0.1, 0.15) is 18.2 Å². The summed E-state index contributed by atoms with van der Waals surface area (Å²) in [5.74, 6) is 3.74. The predicted molar refractivity (Wildman–Crippen MR) is 85.7 cm³/mol. The third-order valence-electron chi connectivity index (χ3n) is 3.14. The maximum atomic E-state index is 5.17. The SMILES string of the molecule is CCNc1cc(N2CCSC(C)(C)C2)nc(COC)n1. The molecule has 0 bridgehead atoms. The number of thioether (sulfide) groups is 1. The van der Waals surface area contributed by atoms with Crippen LogP contribution in [0.1, 0.15) is 26.6 Å². The number of ether oxygens (including phenoxy) is 1. The zero-order valence-corrected chi connectivity index (χ0v) is 13.6. The second-order valence-electron chi connectivity index (χ2n) is 5.52. The molecule has 0 amide bonds. The van der Waals surface area contributed by atoms with Crippen LogP contribution in [-0.4, -0.2) is 47.2 Å². The number of aromatic nitrogens is 2. The standard InChI is InChI=1S/C14H24N4OS/c1-5-15-11-8-13(17-12(16-11)9-19-4)18-6-7-20-14(2,3)10-18/h8H,5-7,9-10H2,1-4H3,(H,15,16,17). The number of hydrogen-bond acceptors (Lipinski definition) is 6. The van der Waals surface area contributed by atoms with Gasteiger partial charge in [-0.15, -0.1) is 0 Å². The van der Waals surface area contributed by atoms with Crippen LogP contribution in [0.3, 0.4) is 0 Å². The molecule has 1 fully saturated rings. The summed E-state index contributed by atoms with van der Waals surface area (Å²) in [4.78, 5) is 11.4. The van der Waals surface area contributed by atoms with Gasteiger partial charge in [0.2, 0.25) is 0 Å². The Balaban J connectivity index is 2.24. The fraction of sp³-hybridized carbons (Fsp3) is 0.714. The Morgan fingerprint density at radius 2 is 2.25 bits per heavy atom. The average Bonchev–Trinajstić information content (AvgIpc) is 2.38. The Kier molecular flexibility index (Phi) is 5.10. The van der Waals surface area contributed by atoms with Gasteiger partial charge in [-0.25, -0.2) is 9.97 Å². The van der Waals surface area contributed by atoms with Gasteiger partial charge in [-0.1, -0.05) is 0 Å². The molecule has 5 nitrogen and oxygen atoms in total. The van der Waals surface area contributed by atoms with E-state index in [1.54, 1.807) is 7.11 Å². The normalized spacial score (nSPS) is 18.1. The predicted octanol–water partition coefficient (Wildman–Crippen LogP) is 2.39. The molecule has 2 heterocycles. The molecule has 0 spiro atoms. The van der Waals surface area contributed by atoms with Crippen molar-refractivity contribution in [1.29, 1.82) is 0 Å². The van der Waals surface area contributed by atoms with Crippen LogP contribution >= 0.6 is 11.8 Å². The number of nitrogens with one attached hydrogen (secondary N) is 1. The van der Waals surface area contributed by atoms with Crippen molar-refractivity contribution in [3.63, 3.8) is 0 Å². The van der Waals surface area contributed by atoms with E-state index in [4.69, 9.17) is 4.74 Å². The van der Waals surface area contributed by atoms with Crippen LogP contribution < -0.4 is 10.2 Å². The highest BCUT2D eigenvalue weighted by molar-refractivity contribution is 8.00. The van der Waals surface area contributed by atoms with Gasteiger partial charge in [0.05, 0.1) is 0 Å². The van der Waals surface area contributed by atoms with E-state index >= 15 is 0 Å². The van der Waals surface area contributed by atoms with E-state index in [1.165, 1.54) is 0 Å². The van der Waals surface area contributed by atoms with Crippen molar-refractivity contribution in [1.82, 2.24) is 9.97 Å². The molecule has 0 aliphatic carbocycles. The molecule has 112 valence electrons. The lowest BCUT2D eigenvalue weighted by Crippen LogP contribution is -2.43. The first-order valence-electron chi connectivity index (χ1n) is 7.04. The van der Waals surface area contributed by atoms with Crippen molar-refractivity contribution >= 4 is 23.4 Å². The highest BCUT2D eigenvalue weighted by atomic mass is 32.2. The second-order valence-corrected chi connectivity index (χ2v) is 7.32. The quantitative estimate of drug-likeness (QED) is 0.900. The monoisotopic (exact) mass is 296 g/mol. The first-order valence-corrected chi connectivity index (χ1v) is 8.02. The molecule has 1 aromatic rings. The number of hydrogen-bond donors (Lipinski definition) is 1. The molecule has 2 rings (SSSR count). The van der Waals surface area contributed by atoms with E-state index in [9.17, 15) is 0 Å². The van der Waals surface area contributed by atoms with Crippen LogP contribution in [0.15, 0.2) is 6.07 Å². The van der Waals surface area contributed by atoms with Gasteiger partial charge in [-0.2, -0.15) is 11.8 Å². The Bertz CT molecular complexity index is 429. The molecular formula is C14H24N4OS. The fourth-order valence-corrected chi connectivity index (χ4v) is 3.43. The van der Waals surface area contributed by atoms with Gasteiger partial charge in [-0.3, -0.25) is 0 Å². The lowest BCUT2D eigenvalue weighted by molar-refractivity contribution is 0.178. The Labute approximate surface area is 125 Å². The highest BCUT2D eigenvalue weighted by Crippen LogP contribution is 2.32. The third-order valence-corrected chi connectivity index (χ3v) is 4.44. The maximum absolute atomic E-state index is 5.17. The summed E-state index contributed by atoms with van der Waals surface area (Å²) in [6, 6.07) is 2.04. The van der Waals surface area contributed by atoms with E-state index in [0.29, 0.717) is 6.61 Å². The summed E-state index contributed by atoms with van der Waals surface area (Å²) < 4.78 is 5.44. The molecule has 1 aliphatic rings. The van der Waals surface area contributed by atoms with Crippen LogP contribution in [0.5, 0.6) is 0 Å². The number of methoxy groups -OCH3 is 1. The summed E-state index contributed by atoms with van der Waals surface area (Å²) >= 11 is 2.02. The van der Waals surface area contributed by atoms with Crippen molar-refractivity contribution < 1.29 is 4.74 Å². The van der Waals surface area contributed by atoms with Crippen LogP contribution in [0.4, 0.5) is 11.6 Å². The highest BCUT2D eigenvalue weighted by Gasteiger charge is 2.28. The maximum Gasteiger partial charge on any atom is 0.158 e. The average molecular weight is 296 g/mol. The van der Waals surface area contributed by atoms with Gasteiger partial charge >= 0.3 is 0 Å². The van der Waals surface area contributed by atoms with Crippen LogP contribution in [-0.2, 0) is 11.3 Å². The Morgan fingerprint density at radius 3 is 2.90 bits per heavy atom. The summed E-state index contributed by atoms with van der Waals surface area (Å²) in [6.45, 7) is 9.97. The molecule has 1 aromatic heterocycles. The molecule has 0 aromatic carbocycles. The minimum atomic E-state index is 0.267. The molecule has 6 heteroatoms. The number of anilines is 2. The molecule has 0 atom stereocenters. The molecule has 0 saturated carbocycles. The van der Waals surface area contributed by atoms with Crippen LogP contribution in [0.2, 0.25) is 0 Å². The van der Waals surface area contributed by atoms with E-state index < -0.39 is 0 Å². The smallest absolute Gasteiger partial charge is 0.158 e. The Hall–Kier alpha value is -1.01. The lowest BCUT2D eigenvalue weighted by Gasteiger charge is -2.38. The number of rotatable bonds is 5. The van der Waals surface area contributed by atoms with E-state index in [-0.39, 0.29) is 4.75 Å². The van der Waals surface area contributed by atoms with Crippen LogP contribution in [0, 0.1) is 0 Å². The van der Waals surface area contributed by atoms with E-state index in [2.05, 4.69) is 41.0 Å². The molecular weight excluding hydrogens is 272 g/mol. The lowest BCUT2D eigenvalue weighted by atomic mass is 10.2. The van der Waals surface area contributed by atoms with Gasteiger partial charge < -0.3 is 15.0 Å². The van der Waals surface area contributed by atoms with Gasteiger partial charge in [0, 0.05) is 43.3 Å². The molecule has 1 N–H and O–H groups in total. The van der Waals surface area contributed by atoms with Crippen molar-refractivity contribution in [2.45, 2.75) is 32.1 Å². The summed E-state index contributed by atoms with van der Waals surface area (Å²) in [5.41, 5.74) is 0. The van der Waals surface area contributed by atoms with Gasteiger partial charge in [-0.05, 0) is 20.8 Å². The first-order chi connectivity index (χ1) is 9.54. The topological polar surface area (TPSA) is 50.3 Å². The summed E-state index contributed by atoms with van der Waals surface area (Å²) in [5, 5.41) is 3.27. The van der Waals surface area contributed by atoms with Crippen LogP contribution in [0.25, 0.3) is 0 Å². The van der Waals surface area contributed by atoms with Gasteiger partial charge in [0.15, 0.2) is 5.82 Å². The van der Waals surface area contributed by atoms with Crippen molar-refractivity contribution in [3.05, 3.63) is 11.9 Å².